The highest BCUT2D eigenvalue weighted by molar-refractivity contribution is 5.26. The van der Waals surface area contributed by atoms with Crippen molar-refractivity contribution in [3.8, 4) is 5.75 Å². The van der Waals surface area contributed by atoms with E-state index in [4.69, 9.17) is 0 Å². The van der Waals surface area contributed by atoms with Crippen molar-refractivity contribution in [3.63, 3.8) is 0 Å². The van der Waals surface area contributed by atoms with Gasteiger partial charge in [0.1, 0.15) is 5.75 Å². The number of likely N-dealkylation sites (tertiary alicyclic amines) is 1. The molecule has 1 saturated heterocycles. The van der Waals surface area contributed by atoms with Crippen LogP contribution in [0.4, 0.5) is 0 Å². The molecule has 25 heavy (non-hydrogen) atoms. The third-order valence-corrected chi connectivity index (χ3v) is 5.32. The van der Waals surface area contributed by atoms with Gasteiger partial charge in [0.25, 0.3) is 0 Å². The van der Waals surface area contributed by atoms with Crippen molar-refractivity contribution >= 4 is 0 Å². The number of benzene rings is 2. The van der Waals surface area contributed by atoms with E-state index in [1.54, 1.807) is 12.1 Å². The number of piperidine rings is 1. The highest BCUT2D eigenvalue weighted by atomic mass is 16.3. The first-order valence-corrected chi connectivity index (χ1v) is 9.41. The molecule has 134 valence electrons. The molecule has 3 nitrogen and oxygen atoms in total. The molecule has 2 atom stereocenters. The van der Waals surface area contributed by atoms with Crippen molar-refractivity contribution < 1.29 is 10.2 Å². The molecule has 3 rings (SSSR count). The summed E-state index contributed by atoms with van der Waals surface area (Å²) >= 11 is 0. The lowest BCUT2D eigenvalue weighted by Gasteiger charge is -2.40. The molecule has 0 unspecified atom stereocenters. The number of phenolic OH excluding ortho intramolecular Hbond substituents is 1. The number of aliphatic hydroxyl groups is 1. The maximum Gasteiger partial charge on any atom is 0.115 e. The lowest BCUT2D eigenvalue weighted by molar-refractivity contribution is 0.102. The second kappa shape index (κ2) is 9.02. The van der Waals surface area contributed by atoms with Crippen molar-refractivity contribution in [2.24, 2.45) is 5.92 Å². The Morgan fingerprint density at radius 2 is 1.64 bits per heavy atom. The zero-order valence-corrected chi connectivity index (χ0v) is 14.8. The lowest BCUT2D eigenvalue weighted by Crippen LogP contribution is -2.44. The summed E-state index contributed by atoms with van der Waals surface area (Å²) in [5, 5.41) is 18.7. The van der Waals surface area contributed by atoms with Gasteiger partial charge in [-0.05, 0) is 67.8 Å². The van der Waals surface area contributed by atoms with Gasteiger partial charge in [-0.2, -0.15) is 0 Å². The van der Waals surface area contributed by atoms with Crippen LogP contribution < -0.4 is 0 Å². The summed E-state index contributed by atoms with van der Waals surface area (Å²) < 4.78 is 0. The van der Waals surface area contributed by atoms with Crippen LogP contribution in [0.25, 0.3) is 0 Å². The second-order valence-electron chi connectivity index (χ2n) is 7.22. The van der Waals surface area contributed by atoms with E-state index in [2.05, 4.69) is 35.2 Å². The van der Waals surface area contributed by atoms with Crippen LogP contribution in [0.15, 0.2) is 54.6 Å². The van der Waals surface area contributed by atoms with E-state index in [9.17, 15) is 10.2 Å². The second-order valence-corrected chi connectivity index (χ2v) is 7.22. The summed E-state index contributed by atoms with van der Waals surface area (Å²) in [4.78, 5) is 2.55. The highest BCUT2D eigenvalue weighted by Crippen LogP contribution is 2.28. The summed E-state index contributed by atoms with van der Waals surface area (Å²) in [7, 11) is 0. The molecule has 2 N–H and O–H groups in total. The molecule has 0 bridgehead atoms. The first-order valence-electron chi connectivity index (χ1n) is 9.41. The first-order chi connectivity index (χ1) is 12.2. The van der Waals surface area contributed by atoms with Gasteiger partial charge in [-0.15, -0.1) is 0 Å². The molecule has 0 aliphatic carbocycles. The quantitative estimate of drug-likeness (QED) is 0.809. The summed E-state index contributed by atoms with van der Waals surface area (Å²) in [6.07, 6.45) is 5.43. The topological polar surface area (TPSA) is 43.7 Å². The number of nitrogens with zero attached hydrogens (tertiary/aromatic N) is 1. The number of aliphatic hydroxyl groups excluding tert-OH is 1. The minimum atomic E-state index is 0.260. The Kier molecular flexibility index (Phi) is 6.48. The SMILES string of the molecule is OCCCN1CC[C@H](Cc2ccccc2)C[C@@H]1Cc1ccc(O)cc1. The molecule has 0 saturated carbocycles. The summed E-state index contributed by atoms with van der Waals surface area (Å²) in [5.74, 6) is 1.04. The third-order valence-electron chi connectivity index (χ3n) is 5.32. The van der Waals surface area contributed by atoms with Crippen molar-refractivity contribution in [3.05, 3.63) is 65.7 Å². The smallest absolute Gasteiger partial charge is 0.115 e. The first kappa shape index (κ1) is 18.0. The molecule has 1 fully saturated rings. The Bertz CT molecular complexity index is 626. The number of phenols is 1. The fraction of sp³-hybridized carbons (Fsp3) is 0.455. The van der Waals surface area contributed by atoms with Gasteiger partial charge in [0.15, 0.2) is 0 Å². The maximum absolute atomic E-state index is 9.50. The van der Waals surface area contributed by atoms with E-state index < -0.39 is 0 Å². The van der Waals surface area contributed by atoms with Gasteiger partial charge in [-0.1, -0.05) is 42.5 Å². The largest absolute Gasteiger partial charge is 0.508 e. The molecule has 2 aromatic rings. The van der Waals surface area contributed by atoms with E-state index in [0.29, 0.717) is 11.8 Å². The predicted molar refractivity (Wildman–Crippen MR) is 102 cm³/mol. The average Bonchev–Trinajstić information content (AvgIpc) is 2.64. The minimum absolute atomic E-state index is 0.260. The fourth-order valence-corrected chi connectivity index (χ4v) is 4.00. The van der Waals surface area contributed by atoms with Crippen molar-refractivity contribution in [1.29, 1.82) is 0 Å². The molecule has 1 aliphatic heterocycles. The molecule has 2 aromatic carbocycles. The van der Waals surface area contributed by atoms with Crippen LogP contribution >= 0.6 is 0 Å². The Morgan fingerprint density at radius 3 is 2.36 bits per heavy atom. The van der Waals surface area contributed by atoms with Gasteiger partial charge in [-0.3, -0.25) is 4.90 Å². The summed E-state index contributed by atoms with van der Waals surface area (Å²) in [6.45, 7) is 2.34. The molecule has 0 aromatic heterocycles. The van der Waals surface area contributed by atoms with Crippen LogP contribution in [-0.2, 0) is 12.8 Å². The van der Waals surface area contributed by atoms with Crippen LogP contribution in [0.1, 0.15) is 30.4 Å². The highest BCUT2D eigenvalue weighted by Gasteiger charge is 2.28. The van der Waals surface area contributed by atoms with Crippen molar-refractivity contribution in [2.75, 3.05) is 19.7 Å². The Labute approximate surface area is 150 Å². The van der Waals surface area contributed by atoms with Gasteiger partial charge in [0.2, 0.25) is 0 Å². The van der Waals surface area contributed by atoms with E-state index in [1.807, 2.05) is 12.1 Å². The maximum atomic E-state index is 9.50. The number of hydrogen-bond acceptors (Lipinski definition) is 3. The van der Waals surface area contributed by atoms with Crippen LogP contribution in [-0.4, -0.2) is 40.9 Å². The van der Waals surface area contributed by atoms with Gasteiger partial charge in [0, 0.05) is 19.2 Å². The normalized spacial score (nSPS) is 21.3. The predicted octanol–water partition coefficient (Wildman–Crippen LogP) is 3.64. The number of hydrogen-bond donors (Lipinski definition) is 2. The van der Waals surface area contributed by atoms with Crippen LogP contribution in [0, 0.1) is 5.92 Å². The lowest BCUT2D eigenvalue weighted by atomic mass is 9.83. The average molecular weight is 339 g/mol. The van der Waals surface area contributed by atoms with Crippen LogP contribution in [0.2, 0.25) is 0 Å². The van der Waals surface area contributed by atoms with E-state index in [-0.39, 0.29) is 6.61 Å². The molecule has 3 heteroatoms. The zero-order valence-electron chi connectivity index (χ0n) is 14.8. The molecular weight excluding hydrogens is 310 g/mol. The third kappa shape index (κ3) is 5.32. The Hall–Kier alpha value is -1.84. The van der Waals surface area contributed by atoms with Gasteiger partial charge >= 0.3 is 0 Å². The monoisotopic (exact) mass is 339 g/mol. The van der Waals surface area contributed by atoms with Crippen molar-refractivity contribution in [2.45, 2.75) is 38.1 Å². The standard InChI is InChI=1S/C22H29NO2/c24-14-4-12-23-13-11-20(15-18-5-2-1-3-6-18)17-21(23)16-19-7-9-22(25)10-8-19/h1-3,5-10,20-21,24-25H,4,11-17H2/t20-,21+/m1/s1. The van der Waals surface area contributed by atoms with Crippen LogP contribution in [0.3, 0.4) is 0 Å². The molecule has 1 aliphatic rings. The Morgan fingerprint density at radius 1 is 0.920 bits per heavy atom. The van der Waals surface area contributed by atoms with Crippen molar-refractivity contribution in [1.82, 2.24) is 4.90 Å². The number of aromatic hydroxyl groups is 1. The molecular formula is C22H29NO2. The molecule has 0 amide bonds. The van der Waals surface area contributed by atoms with E-state index in [1.165, 1.54) is 24.0 Å². The summed E-state index contributed by atoms with van der Waals surface area (Å²) in [6, 6.07) is 18.9. The molecule has 1 heterocycles. The van der Waals surface area contributed by atoms with Gasteiger partial charge in [0.05, 0.1) is 0 Å². The molecule has 0 spiro atoms. The summed E-state index contributed by atoms with van der Waals surface area (Å²) in [5.41, 5.74) is 2.71. The van der Waals surface area contributed by atoms with E-state index >= 15 is 0 Å². The fourth-order valence-electron chi connectivity index (χ4n) is 4.00. The van der Waals surface area contributed by atoms with Crippen LogP contribution in [0.5, 0.6) is 5.75 Å². The Balaban J connectivity index is 1.65. The van der Waals surface area contributed by atoms with Gasteiger partial charge in [-0.25, -0.2) is 0 Å². The number of rotatable bonds is 7. The van der Waals surface area contributed by atoms with E-state index in [0.717, 1.165) is 38.3 Å². The molecule has 0 radical (unpaired) electrons. The minimum Gasteiger partial charge on any atom is -0.508 e. The van der Waals surface area contributed by atoms with Gasteiger partial charge < -0.3 is 10.2 Å². The zero-order chi connectivity index (χ0) is 17.5.